The predicted molar refractivity (Wildman–Crippen MR) is 140 cm³/mol. The van der Waals surface area contributed by atoms with E-state index in [1.807, 2.05) is 19.9 Å². The van der Waals surface area contributed by atoms with Crippen LogP contribution >= 0.6 is 11.3 Å². The zero-order valence-corrected chi connectivity index (χ0v) is 21.2. The molecule has 1 aromatic carbocycles. The summed E-state index contributed by atoms with van der Waals surface area (Å²) in [5, 5.41) is 1.45. The zero-order chi connectivity index (χ0) is 24.1. The van der Waals surface area contributed by atoms with Crippen LogP contribution in [-0.4, -0.2) is 61.0 Å². The van der Waals surface area contributed by atoms with E-state index < -0.39 is 0 Å². The molecule has 34 heavy (non-hydrogen) atoms. The molecule has 1 amide bonds. The van der Waals surface area contributed by atoms with E-state index in [9.17, 15) is 4.79 Å². The molecular weight excluding hydrogens is 446 g/mol. The molecule has 2 aliphatic heterocycles. The number of hydrogen-bond donors (Lipinski definition) is 1. The Morgan fingerprint density at radius 3 is 2.59 bits per heavy atom. The molecule has 1 aromatic heterocycles. The normalized spacial score (nSPS) is 16.5. The van der Waals surface area contributed by atoms with Gasteiger partial charge in [-0.05, 0) is 44.5 Å². The van der Waals surface area contributed by atoms with Crippen molar-refractivity contribution in [3.05, 3.63) is 51.2 Å². The number of aryl methyl sites for hydroxylation is 1. The van der Waals surface area contributed by atoms with Crippen LogP contribution in [0.2, 0.25) is 0 Å². The first-order valence-corrected chi connectivity index (χ1v) is 12.9. The van der Waals surface area contributed by atoms with Crippen LogP contribution in [0.4, 0.5) is 11.4 Å². The Kier molecular flexibility index (Phi) is 8.03. The van der Waals surface area contributed by atoms with Gasteiger partial charge in [0.1, 0.15) is 5.84 Å². The van der Waals surface area contributed by atoms with Gasteiger partial charge in [-0.15, -0.1) is 11.3 Å². The third-order valence-electron chi connectivity index (χ3n) is 6.10. The number of anilines is 1. The number of piperazine rings is 1. The van der Waals surface area contributed by atoms with E-state index in [4.69, 9.17) is 10.6 Å². The number of hydrogen-bond acceptors (Lipinski definition) is 7. The fraction of sp³-hybridized carbons (Fsp3) is 0.462. The first-order chi connectivity index (χ1) is 16.5. The minimum atomic E-state index is -0.128. The van der Waals surface area contributed by atoms with E-state index in [1.54, 1.807) is 11.3 Å². The quantitative estimate of drug-likeness (QED) is 0.568. The van der Waals surface area contributed by atoms with Gasteiger partial charge < -0.3 is 10.6 Å². The number of aliphatic imine (C=N–C) groups is 1. The van der Waals surface area contributed by atoms with Gasteiger partial charge >= 0.3 is 0 Å². The molecule has 0 atom stereocenters. The van der Waals surface area contributed by atoms with E-state index in [0.717, 1.165) is 49.7 Å². The van der Waals surface area contributed by atoms with Crippen molar-refractivity contribution in [2.75, 3.05) is 44.2 Å². The van der Waals surface area contributed by atoms with Gasteiger partial charge in [0, 0.05) is 61.8 Å². The summed E-state index contributed by atoms with van der Waals surface area (Å²) in [6.45, 7) is 12.0. The Bertz CT molecular complexity index is 1050. The average Bonchev–Trinajstić information content (AvgIpc) is 3.11. The molecule has 0 bridgehead atoms. The number of nitrogens with two attached hydrogens (primary N) is 1. The molecule has 0 aliphatic carbocycles. The number of hydroxylamine groups is 2. The molecule has 2 N–H and O–H groups in total. The van der Waals surface area contributed by atoms with Crippen molar-refractivity contribution in [2.45, 2.75) is 40.2 Å². The summed E-state index contributed by atoms with van der Waals surface area (Å²) in [7, 11) is 0. The summed E-state index contributed by atoms with van der Waals surface area (Å²) in [5.74, 6) is 0.333. The largest absolute Gasteiger partial charge is 0.387 e. The van der Waals surface area contributed by atoms with Crippen molar-refractivity contribution in [1.29, 1.82) is 0 Å². The number of benzene rings is 1. The van der Waals surface area contributed by atoms with Crippen molar-refractivity contribution in [3.8, 4) is 0 Å². The van der Waals surface area contributed by atoms with Crippen LogP contribution in [0.15, 0.2) is 40.9 Å². The Morgan fingerprint density at radius 2 is 1.91 bits per heavy atom. The average molecular weight is 482 g/mol. The fourth-order valence-electron chi connectivity index (χ4n) is 4.34. The highest BCUT2D eigenvalue weighted by Gasteiger charge is 2.24. The number of carbonyl (C=O) groups is 1. The number of fused-ring (bicyclic) bond motifs is 1. The molecule has 0 saturated carbocycles. The van der Waals surface area contributed by atoms with Crippen LogP contribution in [0.5, 0.6) is 0 Å². The molecule has 0 radical (unpaired) electrons. The highest BCUT2D eigenvalue weighted by Crippen LogP contribution is 2.35. The molecule has 182 valence electrons. The van der Waals surface area contributed by atoms with E-state index >= 15 is 0 Å². The van der Waals surface area contributed by atoms with E-state index in [0.29, 0.717) is 31.0 Å². The molecule has 7 nitrogen and oxygen atoms in total. The third-order valence-corrected chi connectivity index (χ3v) is 7.15. The van der Waals surface area contributed by atoms with Gasteiger partial charge in [0.05, 0.1) is 17.2 Å². The highest BCUT2D eigenvalue weighted by molar-refractivity contribution is 7.13. The summed E-state index contributed by atoms with van der Waals surface area (Å²) in [6, 6.07) is 10.9. The zero-order valence-electron chi connectivity index (χ0n) is 20.4. The summed E-state index contributed by atoms with van der Waals surface area (Å²) in [4.78, 5) is 30.4. The standard InChI is InChI=1S/C26H35N5O2S/c1-4-10-31(33-5-2)26(32)20-15-24-23(28-25(27)16-20)17-22(34-24)18-29-11-13-30(14-12-29)21-8-6-19(3)7-9-21/h6-9,15,17H,4-5,10-14,16,18H2,1-3H3,(H2,27,28). The van der Waals surface area contributed by atoms with Crippen molar-refractivity contribution >= 4 is 40.5 Å². The van der Waals surface area contributed by atoms with Crippen molar-refractivity contribution in [2.24, 2.45) is 10.7 Å². The van der Waals surface area contributed by atoms with Crippen LogP contribution < -0.4 is 10.6 Å². The van der Waals surface area contributed by atoms with Crippen molar-refractivity contribution < 1.29 is 9.63 Å². The van der Waals surface area contributed by atoms with Crippen molar-refractivity contribution in [1.82, 2.24) is 9.96 Å². The smallest absolute Gasteiger partial charge is 0.273 e. The highest BCUT2D eigenvalue weighted by atomic mass is 32.1. The molecule has 3 heterocycles. The maximum absolute atomic E-state index is 13.1. The van der Waals surface area contributed by atoms with Crippen molar-refractivity contribution in [3.63, 3.8) is 0 Å². The number of nitrogens with zero attached hydrogens (tertiary/aromatic N) is 4. The van der Waals surface area contributed by atoms with Gasteiger partial charge in [-0.25, -0.2) is 10.1 Å². The summed E-state index contributed by atoms with van der Waals surface area (Å²) >= 11 is 1.70. The van der Waals surface area contributed by atoms with Crippen LogP contribution in [0, 0.1) is 6.92 Å². The topological polar surface area (TPSA) is 74.4 Å². The molecule has 2 aliphatic rings. The second kappa shape index (κ2) is 11.2. The van der Waals surface area contributed by atoms with Gasteiger partial charge in [-0.2, -0.15) is 0 Å². The Morgan fingerprint density at radius 1 is 1.18 bits per heavy atom. The number of rotatable bonds is 8. The van der Waals surface area contributed by atoms with E-state index in [2.05, 4.69) is 52.0 Å². The van der Waals surface area contributed by atoms with Gasteiger partial charge in [-0.3, -0.25) is 14.5 Å². The number of thiophene rings is 1. The lowest BCUT2D eigenvalue weighted by Crippen LogP contribution is -2.45. The number of carbonyl (C=O) groups excluding carboxylic acids is 1. The first kappa shape index (κ1) is 24.4. The maximum Gasteiger partial charge on any atom is 0.273 e. The summed E-state index contributed by atoms with van der Waals surface area (Å²) < 4.78 is 0. The van der Waals surface area contributed by atoms with Crippen LogP contribution in [0.1, 0.15) is 42.0 Å². The number of amidine groups is 1. The molecule has 0 spiro atoms. The first-order valence-electron chi connectivity index (χ1n) is 12.1. The van der Waals surface area contributed by atoms with Crippen LogP contribution in [-0.2, 0) is 16.2 Å². The predicted octanol–water partition coefficient (Wildman–Crippen LogP) is 4.34. The van der Waals surface area contributed by atoms with E-state index in [-0.39, 0.29) is 5.91 Å². The molecule has 2 aromatic rings. The van der Waals surface area contributed by atoms with E-state index in [1.165, 1.54) is 21.2 Å². The third kappa shape index (κ3) is 5.87. The Balaban J connectivity index is 1.43. The lowest BCUT2D eigenvalue weighted by molar-refractivity contribution is -0.180. The summed E-state index contributed by atoms with van der Waals surface area (Å²) in [5.41, 5.74) is 10.3. The summed E-state index contributed by atoms with van der Waals surface area (Å²) in [6.07, 6.45) is 3.12. The Hall–Kier alpha value is -2.68. The molecule has 1 saturated heterocycles. The second-order valence-electron chi connectivity index (χ2n) is 8.84. The lowest BCUT2D eigenvalue weighted by Gasteiger charge is -2.36. The van der Waals surface area contributed by atoms with Gasteiger partial charge in [0.2, 0.25) is 0 Å². The molecule has 0 unspecified atom stereocenters. The molecule has 4 rings (SSSR count). The second-order valence-corrected chi connectivity index (χ2v) is 10.0. The lowest BCUT2D eigenvalue weighted by atomic mass is 10.1. The molecular formula is C26H35N5O2S. The monoisotopic (exact) mass is 481 g/mol. The van der Waals surface area contributed by atoms with Crippen LogP contribution in [0.3, 0.4) is 0 Å². The van der Waals surface area contributed by atoms with Gasteiger partial charge in [0.25, 0.3) is 5.91 Å². The molecule has 1 fully saturated rings. The van der Waals surface area contributed by atoms with Gasteiger partial charge in [-0.1, -0.05) is 24.6 Å². The molecule has 8 heteroatoms. The minimum Gasteiger partial charge on any atom is -0.387 e. The SMILES string of the molecule is CCCN(OCC)C(=O)C1=Cc2sc(CN3CCN(c4ccc(C)cc4)CC3)cc2N=C(N)C1. The fourth-order valence-corrected chi connectivity index (χ4v) is 5.45. The van der Waals surface area contributed by atoms with Crippen LogP contribution in [0.25, 0.3) is 6.08 Å². The minimum absolute atomic E-state index is 0.128. The maximum atomic E-state index is 13.1. The number of amides is 1. The van der Waals surface area contributed by atoms with Gasteiger partial charge in [0.15, 0.2) is 0 Å². The Labute approximate surface area is 206 Å².